The van der Waals surface area contributed by atoms with Gasteiger partial charge >= 0.3 is 6.09 Å². The number of para-hydroxylation sites is 1. The Hall–Kier alpha value is -4.13. The first-order chi connectivity index (χ1) is 18.2. The number of nitro benzene ring substituents is 1. The number of anilines is 1. The van der Waals surface area contributed by atoms with Gasteiger partial charge in [0, 0.05) is 37.5 Å². The van der Waals surface area contributed by atoms with Crippen LogP contribution in [0.25, 0.3) is 6.08 Å². The number of hydrogen-bond donors (Lipinski definition) is 0. The lowest BCUT2D eigenvalue weighted by Crippen LogP contribution is -2.39. The molecule has 7 nitrogen and oxygen atoms in total. The van der Waals surface area contributed by atoms with Crippen molar-refractivity contribution in [3.63, 3.8) is 0 Å². The van der Waals surface area contributed by atoms with Gasteiger partial charge in [-0.25, -0.2) is 4.79 Å². The Balaban J connectivity index is 1.43. The summed E-state index contributed by atoms with van der Waals surface area (Å²) >= 11 is 0. The molecule has 38 heavy (non-hydrogen) atoms. The number of benzene rings is 3. The molecular formula is C31H35N3O4. The molecule has 0 bridgehead atoms. The van der Waals surface area contributed by atoms with Gasteiger partial charge in [0.05, 0.1) is 11.0 Å². The number of likely N-dealkylation sites (tertiary alicyclic amines) is 1. The molecule has 0 aromatic heterocycles. The van der Waals surface area contributed by atoms with Crippen molar-refractivity contribution in [2.24, 2.45) is 0 Å². The maximum absolute atomic E-state index is 12.6. The van der Waals surface area contributed by atoms with Gasteiger partial charge in [-0.05, 0) is 62.4 Å². The number of carbonyl (C=O) groups excluding carboxylic acids is 1. The summed E-state index contributed by atoms with van der Waals surface area (Å²) in [5.41, 5.74) is 3.91. The fraction of sp³-hybridized carbons (Fsp3) is 0.323. The molecule has 0 saturated carbocycles. The zero-order valence-electron chi connectivity index (χ0n) is 22.2. The largest absolute Gasteiger partial charge is 0.444 e. The van der Waals surface area contributed by atoms with E-state index in [2.05, 4.69) is 53.5 Å². The predicted molar refractivity (Wildman–Crippen MR) is 151 cm³/mol. The molecule has 0 radical (unpaired) electrons. The van der Waals surface area contributed by atoms with Crippen LogP contribution in [0.5, 0.6) is 0 Å². The minimum Gasteiger partial charge on any atom is -0.444 e. The van der Waals surface area contributed by atoms with Gasteiger partial charge in [-0.2, -0.15) is 0 Å². The van der Waals surface area contributed by atoms with Crippen molar-refractivity contribution in [2.45, 2.75) is 58.3 Å². The van der Waals surface area contributed by atoms with E-state index in [0.717, 1.165) is 35.2 Å². The van der Waals surface area contributed by atoms with E-state index in [9.17, 15) is 14.9 Å². The van der Waals surface area contributed by atoms with Crippen molar-refractivity contribution in [1.82, 2.24) is 4.90 Å². The van der Waals surface area contributed by atoms with Crippen LogP contribution < -0.4 is 4.90 Å². The van der Waals surface area contributed by atoms with Crippen LogP contribution in [0.15, 0.2) is 84.9 Å². The predicted octanol–water partition coefficient (Wildman–Crippen LogP) is 7.21. The van der Waals surface area contributed by atoms with Crippen LogP contribution in [-0.4, -0.2) is 34.1 Å². The summed E-state index contributed by atoms with van der Waals surface area (Å²) in [7, 11) is 0. The molecule has 4 rings (SSSR count). The van der Waals surface area contributed by atoms with Gasteiger partial charge in [-0.1, -0.05) is 66.7 Å². The monoisotopic (exact) mass is 513 g/mol. The summed E-state index contributed by atoms with van der Waals surface area (Å²) in [6, 6.07) is 25.3. The fourth-order valence-electron chi connectivity index (χ4n) is 4.54. The minimum absolute atomic E-state index is 0.0415. The number of non-ortho nitro benzene ring substituents is 1. The van der Waals surface area contributed by atoms with Crippen molar-refractivity contribution >= 4 is 23.5 Å². The molecule has 3 aromatic carbocycles. The normalized spacial score (nSPS) is 15.6. The van der Waals surface area contributed by atoms with Gasteiger partial charge in [0.25, 0.3) is 5.69 Å². The van der Waals surface area contributed by atoms with E-state index >= 15 is 0 Å². The van der Waals surface area contributed by atoms with Crippen LogP contribution in [0.2, 0.25) is 0 Å². The van der Waals surface area contributed by atoms with Gasteiger partial charge in [0.15, 0.2) is 0 Å². The van der Waals surface area contributed by atoms with Crippen LogP contribution >= 0.6 is 0 Å². The molecule has 1 atom stereocenters. The van der Waals surface area contributed by atoms with Crippen LogP contribution in [0.1, 0.15) is 50.3 Å². The fourth-order valence-corrected chi connectivity index (χ4v) is 4.54. The summed E-state index contributed by atoms with van der Waals surface area (Å²) in [5.74, 6) is 0. The average molecular weight is 514 g/mol. The number of rotatable bonds is 8. The first-order valence-corrected chi connectivity index (χ1v) is 13.0. The molecule has 1 heterocycles. The van der Waals surface area contributed by atoms with Crippen LogP contribution in [0.3, 0.4) is 0 Å². The maximum atomic E-state index is 12.6. The van der Waals surface area contributed by atoms with E-state index in [1.807, 2.05) is 56.0 Å². The number of ether oxygens (including phenoxy) is 1. The van der Waals surface area contributed by atoms with E-state index in [0.29, 0.717) is 19.6 Å². The lowest BCUT2D eigenvalue weighted by Gasteiger charge is -2.27. The topological polar surface area (TPSA) is 75.9 Å². The summed E-state index contributed by atoms with van der Waals surface area (Å²) in [5, 5.41) is 11.0. The molecule has 0 unspecified atom stereocenters. The summed E-state index contributed by atoms with van der Waals surface area (Å²) in [6.45, 7) is 7.70. The first kappa shape index (κ1) is 26.9. The number of nitro groups is 1. The lowest BCUT2D eigenvalue weighted by molar-refractivity contribution is -0.384. The second-order valence-corrected chi connectivity index (χ2v) is 10.6. The Kier molecular flexibility index (Phi) is 8.46. The second kappa shape index (κ2) is 11.9. The SMILES string of the molecule is CC(C)(C)OC(=O)N1CCC[C@H]1/C=C/c1ccc(CN(Cc2ccc([N+](=O)[O-])cc2)c2ccccc2)cc1. The molecule has 0 spiro atoms. The lowest BCUT2D eigenvalue weighted by atomic mass is 10.1. The Bertz CT molecular complexity index is 1250. The molecule has 1 amide bonds. The van der Waals surface area contributed by atoms with Gasteiger partial charge in [0.2, 0.25) is 0 Å². The van der Waals surface area contributed by atoms with E-state index in [1.54, 1.807) is 12.1 Å². The maximum Gasteiger partial charge on any atom is 0.410 e. The zero-order valence-corrected chi connectivity index (χ0v) is 22.2. The van der Waals surface area contributed by atoms with E-state index in [4.69, 9.17) is 4.74 Å². The molecule has 0 aliphatic carbocycles. The zero-order chi connectivity index (χ0) is 27.1. The molecule has 7 heteroatoms. The van der Waals surface area contributed by atoms with Crippen LogP contribution in [0.4, 0.5) is 16.2 Å². The highest BCUT2D eigenvalue weighted by molar-refractivity contribution is 5.69. The number of carbonyl (C=O) groups is 1. The second-order valence-electron chi connectivity index (χ2n) is 10.6. The molecule has 1 saturated heterocycles. The first-order valence-electron chi connectivity index (χ1n) is 13.0. The number of hydrogen-bond acceptors (Lipinski definition) is 5. The van der Waals surface area contributed by atoms with Crippen molar-refractivity contribution in [3.05, 3.63) is 112 Å². The third-order valence-corrected chi connectivity index (χ3v) is 6.43. The molecular weight excluding hydrogens is 478 g/mol. The Morgan fingerprint density at radius 2 is 1.61 bits per heavy atom. The molecule has 1 aliphatic rings. The van der Waals surface area contributed by atoms with E-state index in [1.165, 1.54) is 0 Å². The Morgan fingerprint density at radius 1 is 1.00 bits per heavy atom. The van der Waals surface area contributed by atoms with Gasteiger partial charge in [-0.3, -0.25) is 10.1 Å². The van der Waals surface area contributed by atoms with Crippen molar-refractivity contribution < 1.29 is 14.5 Å². The van der Waals surface area contributed by atoms with Crippen LogP contribution in [-0.2, 0) is 17.8 Å². The quantitative estimate of drug-likeness (QED) is 0.235. The average Bonchev–Trinajstić information content (AvgIpc) is 3.37. The third kappa shape index (κ3) is 7.44. The van der Waals surface area contributed by atoms with Crippen LogP contribution in [0, 0.1) is 10.1 Å². The summed E-state index contributed by atoms with van der Waals surface area (Å²) in [6.07, 6.45) is 5.81. The van der Waals surface area contributed by atoms with Crippen molar-refractivity contribution in [2.75, 3.05) is 11.4 Å². The molecule has 0 N–H and O–H groups in total. The van der Waals surface area contributed by atoms with Gasteiger partial charge < -0.3 is 14.5 Å². The van der Waals surface area contributed by atoms with E-state index in [-0.39, 0.29) is 22.7 Å². The van der Waals surface area contributed by atoms with Crippen molar-refractivity contribution in [3.8, 4) is 0 Å². The van der Waals surface area contributed by atoms with Gasteiger partial charge in [0.1, 0.15) is 5.60 Å². The Morgan fingerprint density at radius 3 is 2.18 bits per heavy atom. The molecule has 1 fully saturated rings. The number of amides is 1. The highest BCUT2D eigenvalue weighted by atomic mass is 16.6. The highest BCUT2D eigenvalue weighted by Gasteiger charge is 2.30. The van der Waals surface area contributed by atoms with E-state index < -0.39 is 5.60 Å². The summed E-state index contributed by atoms with van der Waals surface area (Å²) in [4.78, 5) is 27.3. The minimum atomic E-state index is -0.504. The van der Waals surface area contributed by atoms with Gasteiger partial charge in [-0.15, -0.1) is 0 Å². The standard InChI is InChI=1S/C31H35N3O4/c1-31(2,3)38-30(35)33-21-7-10-28(33)18-15-24-11-13-25(14-12-24)22-32(27-8-5-4-6-9-27)23-26-16-19-29(20-17-26)34(36)37/h4-6,8-9,11-20,28H,7,10,21-23H2,1-3H3/b18-15+/t28-/m0/s1. The summed E-state index contributed by atoms with van der Waals surface area (Å²) < 4.78 is 5.57. The smallest absolute Gasteiger partial charge is 0.410 e. The van der Waals surface area contributed by atoms with Crippen molar-refractivity contribution in [1.29, 1.82) is 0 Å². The third-order valence-electron chi connectivity index (χ3n) is 6.43. The Labute approximate surface area is 224 Å². The molecule has 198 valence electrons. The highest BCUT2D eigenvalue weighted by Crippen LogP contribution is 2.24. The number of nitrogens with zero attached hydrogens (tertiary/aromatic N) is 3. The molecule has 3 aromatic rings. The molecule has 1 aliphatic heterocycles.